The third-order valence-electron chi connectivity index (χ3n) is 2.51. The average Bonchev–Trinajstić information content (AvgIpc) is 2.37. The molecule has 0 saturated carbocycles. The molecule has 0 heterocycles. The van der Waals surface area contributed by atoms with Gasteiger partial charge < -0.3 is 10.1 Å². The van der Waals surface area contributed by atoms with Gasteiger partial charge in [-0.3, -0.25) is 4.79 Å². The molecule has 1 aromatic carbocycles. The van der Waals surface area contributed by atoms with Crippen LogP contribution in [-0.2, 0) is 14.3 Å². The molecule has 0 spiro atoms. The minimum Gasteiger partial charge on any atom is -0.452 e. The first kappa shape index (κ1) is 15.0. The van der Waals surface area contributed by atoms with Crippen molar-refractivity contribution in [2.75, 3.05) is 11.9 Å². The number of rotatable bonds is 5. The van der Waals surface area contributed by atoms with Crippen LogP contribution in [-0.4, -0.2) is 18.5 Å². The highest BCUT2D eigenvalue weighted by molar-refractivity contribution is 5.93. The maximum absolute atomic E-state index is 11.5. The summed E-state index contributed by atoms with van der Waals surface area (Å²) in [5.74, 6) is -0.422. The molecule has 1 amide bonds. The Hall–Kier alpha value is -2.10. The second-order valence-electron chi connectivity index (χ2n) is 4.43. The summed E-state index contributed by atoms with van der Waals surface area (Å²) in [5.41, 5.74) is 1.90. The van der Waals surface area contributed by atoms with Gasteiger partial charge in [-0.25, -0.2) is 4.79 Å². The molecular formula is C15H19NO3. The highest BCUT2D eigenvalue weighted by Crippen LogP contribution is 2.16. The second kappa shape index (κ2) is 7.36. The van der Waals surface area contributed by atoms with E-state index in [2.05, 4.69) is 19.2 Å². The third-order valence-corrected chi connectivity index (χ3v) is 2.51. The van der Waals surface area contributed by atoms with E-state index in [1.807, 2.05) is 24.3 Å². The van der Waals surface area contributed by atoms with Gasteiger partial charge in [0.25, 0.3) is 5.91 Å². The molecule has 19 heavy (non-hydrogen) atoms. The normalized spacial score (nSPS) is 10.7. The lowest BCUT2D eigenvalue weighted by atomic mass is 10.0. The van der Waals surface area contributed by atoms with Gasteiger partial charge in [-0.1, -0.05) is 32.1 Å². The quantitative estimate of drug-likeness (QED) is 0.655. The van der Waals surface area contributed by atoms with Crippen LogP contribution in [0.15, 0.2) is 36.4 Å². The molecule has 0 atom stereocenters. The maximum atomic E-state index is 11.5. The highest BCUT2D eigenvalue weighted by atomic mass is 16.5. The molecule has 0 aliphatic carbocycles. The first-order valence-corrected chi connectivity index (χ1v) is 6.22. The van der Waals surface area contributed by atoms with Gasteiger partial charge in [-0.2, -0.15) is 0 Å². The van der Waals surface area contributed by atoms with E-state index in [9.17, 15) is 9.59 Å². The summed E-state index contributed by atoms with van der Waals surface area (Å²) in [7, 11) is 0. The number of allylic oxidation sites excluding steroid dienone is 1. The summed E-state index contributed by atoms with van der Waals surface area (Å²) in [4.78, 5) is 22.6. The summed E-state index contributed by atoms with van der Waals surface area (Å²) in [6.45, 7) is 5.63. The summed E-state index contributed by atoms with van der Waals surface area (Å²) in [6.07, 6.45) is 2.83. The number of carbonyl (C=O) groups excluding carboxylic acids is 2. The number of carbonyl (C=O) groups is 2. The van der Waals surface area contributed by atoms with Crippen molar-refractivity contribution in [2.45, 2.75) is 26.7 Å². The Morgan fingerprint density at radius 2 is 1.89 bits per heavy atom. The molecule has 0 unspecified atom stereocenters. The molecule has 0 fully saturated rings. The van der Waals surface area contributed by atoms with Crippen LogP contribution in [0.4, 0.5) is 5.69 Å². The van der Waals surface area contributed by atoms with Crippen LogP contribution >= 0.6 is 0 Å². The maximum Gasteiger partial charge on any atom is 0.330 e. The highest BCUT2D eigenvalue weighted by Gasteiger charge is 2.06. The van der Waals surface area contributed by atoms with Crippen molar-refractivity contribution >= 4 is 17.6 Å². The Morgan fingerprint density at radius 1 is 1.26 bits per heavy atom. The van der Waals surface area contributed by atoms with Crippen molar-refractivity contribution in [1.82, 2.24) is 0 Å². The van der Waals surface area contributed by atoms with Gasteiger partial charge in [0.2, 0.25) is 0 Å². The van der Waals surface area contributed by atoms with Crippen LogP contribution in [0.5, 0.6) is 0 Å². The molecule has 1 N–H and O–H groups in total. The number of hydrogen-bond donors (Lipinski definition) is 1. The number of hydrogen-bond acceptors (Lipinski definition) is 3. The lowest BCUT2D eigenvalue weighted by Gasteiger charge is -2.08. The van der Waals surface area contributed by atoms with E-state index in [0.717, 1.165) is 0 Å². The number of anilines is 1. The van der Waals surface area contributed by atoms with Crippen molar-refractivity contribution in [3.63, 3.8) is 0 Å². The fourth-order valence-corrected chi connectivity index (χ4v) is 1.47. The van der Waals surface area contributed by atoms with E-state index in [1.165, 1.54) is 11.6 Å². The van der Waals surface area contributed by atoms with E-state index in [1.54, 1.807) is 13.0 Å². The van der Waals surface area contributed by atoms with Crippen molar-refractivity contribution in [3.8, 4) is 0 Å². The van der Waals surface area contributed by atoms with Crippen LogP contribution in [0.3, 0.4) is 0 Å². The van der Waals surface area contributed by atoms with E-state index in [-0.39, 0.29) is 12.5 Å². The average molecular weight is 261 g/mol. The number of esters is 1. The van der Waals surface area contributed by atoms with Crippen LogP contribution in [0.25, 0.3) is 0 Å². The first-order valence-electron chi connectivity index (χ1n) is 6.22. The summed E-state index contributed by atoms with van der Waals surface area (Å²) < 4.78 is 4.74. The molecule has 0 aliphatic heterocycles. The van der Waals surface area contributed by atoms with Gasteiger partial charge in [-0.15, -0.1) is 0 Å². The van der Waals surface area contributed by atoms with E-state index < -0.39 is 5.97 Å². The molecule has 0 saturated heterocycles. The zero-order chi connectivity index (χ0) is 14.3. The van der Waals surface area contributed by atoms with Gasteiger partial charge in [0.15, 0.2) is 6.61 Å². The van der Waals surface area contributed by atoms with Gasteiger partial charge >= 0.3 is 5.97 Å². The lowest BCUT2D eigenvalue weighted by molar-refractivity contribution is -0.142. The Labute approximate surface area is 113 Å². The SMILES string of the molecule is C/C=C/C(=O)OCC(=O)Nc1ccc(C(C)C)cc1. The van der Waals surface area contributed by atoms with Crippen molar-refractivity contribution in [1.29, 1.82) is 0 Å². The second-order valence-corrected chi connectivity index (χ2v) is 4.43. The van der Waals surface area contributed by atoms with Crippen LogP contribution in [0.1, 0.15) is 32.3 Å². The number of benzene rings is 1. The zero-order valence-electron chi connectivity index (χ0n) is 11.5. The van der Waals surface area contributed by atoms with Crippen molar-refractivity contribution in [3.05, 3.63) is 42.0 Å². The number of nitrogens with one attached hydrogen (secondary N) is 1. The van der Waals surface area contributed by atoms with E-state index in [4.69, 9.17) is 4.74 Å². The van der Waals surface area contributed by atoms with Crippen molar-refractivity contribution < 1.29 is 14.3 Å². The van der Waals surface area contributed by atoms with Gasteiger partial charge in [-0.05, 0) is 30.5 Å². The molecule has 0 bridgehead atoms. The molecular weight excluding hydrogens is 242 g/mol. The zero-order valence-corrected chi connectivity index (χ0v) is 11.5. The molecule has 0 radical (unpaired) electrons. The molecule has 1 aromatic rings. The Bertz CT molecular complexity index is 461. The molecule has 4 heteroatoms. The van der Waals surface area contributed by atoms with Crippen LogP contribution < -0.4 is 5.32 Å². The lowest BCUT2D eigenvalue weighted by Crippen LogP contribution is -2.20. The molecule has 4 nitrogen and oxygen atoms in total. The van der Waals surface area contributed by atoms with E-state index >= 15 is 0 Å². The predicted octanol–water partition coefficient (Wildman–Crippen LogP) is 2.87. The standard InChI is InChI=1S/C15H19NO3/c1-4-5-15(18)19-10-14(17)16-13-8-6-12(7-9-13)11(2)3/h4-9,11H,10H2,1-3H3,(H,16,17)/b5-4+. The van der Waals surface area contributed by atoms with Crippen molar-refractivity contribution in [2.24, 2.45) is 0 Å². The minimum absolute atomic E-state index is 0.283. The summed E-state index contributed by atoms with van der Waals surface area (Å²) in [6, 6.07) is 7.60. The smallest absolute Gasteiger partial charge is 0.330 e. The van der Waals surface area contributed by atoms with Gasteiger partial charge in [0, 0.05) is 11.8 Å². The third kappa shape index (κ3) is 5.38. The molecule has 0 aliphatic rings. The fourth-order valence-electron chi connectivity index (χ4n) is 1.47. The molecule has 102 valence electrons. The summed E-state index contributed by atoms with van der Waals surface area (Å²) >= 11 is 0. The van der Waals surface area contributed by atoms with Crippen LogP contribution in [0.2, 0.25) is 0 Å². The Balaban J connectivity index is 2.46. The monoisotopic (exact) mass is 261 g/mol. The first-order chi connectivity index (χ1) is 9.02. The van der Waals surface area contributed by atoms with Gasteiger partial charge in [0.1, 0.15) is 0 Å². The fraction of sp³-hybridized carbons (Fsp3) is 0.333. The van der Waals surface area contributed by atoms with Gasteiger partial charge in [0.05, 0.1) is 0 Å². The Kier molecular flexibility index (Phi) is 5.79. The van der Waals surface area contributed by atoms with E-state index in [0.29, 0.717) is 11.6 Å². The van der Waals surface area contributed by atoms with Crippen LogP contribution in [0, 0.1) is 0 Å². The largest absolute Gasteiger partial charge is 0.452 e. The molecule has 1 rings (SSSR count). The summed E-state index contributed by atoms with van der Waals surface area (Å²) in [5, 5.41) is 2.67. The minimum atomic E-state index is -0.521. The number of ether oxygens (including phenoxy) is 1. The Morgan fingerprint density at radius 3 is 2.42 bits per heavy atom. The number of amides is 1. The predicted molar refractivity (Wildman–Crippen MR) is 74.9 cm³/mol. The topological polar surface area (TPSA) is 55.4 Å². The molecule has 0 aromatic heterocycles.